The first kappa shape index (κ1) is 14.3. The van der Waals surface area contributed by atoms with Gasteiger partial charge in [-0.15, -0.1) is 0 Å². The highest BCUT2D eigenvalue weighted by molar-refractivity contribution is 5.80. The van der Waals surface area contributed by atoms with Crippen LogP contribution in [0.2, 0.25) is 0 Å². The Morgan fingerprint density at radius 1 is 0.950 bits per heavy atom. The van der Waals surface area contributed by atoms with Crippen LogP contribution < -0.4 is 0 Å². The fraction of sp³-hybridized carbons (Fsp3) is 0.278. The number of ketones is 1. The van der Waals surface area contributed by atoms with Crippen LogP contribution >= 0.6 is 0 Å². The highest BCUT2D eigenvalue weighted by atomic mass is 16.3. The Labute approximate surface area is 120 Å². The standard InChI is InChI=1S/C18H20O2/c1-14-5-7-15(8-6-14)3-2-4-18(20)13-16-9-11-17(19)12-10-16/h5-12,19H,2-4,13H2,1H3. The summed E-state index contributed by atoms with van der Waals surface area (Å²) in [5.74, 6) is 0.489. The monoisotopic (exact) mass is 268 g/mol. The van der Waals surface area contributed by atoms with E-state index in [4.69, 9.17) is 0 Å². The third-order valence-corrected chi connectivity index (χ3v) is 3.38. The van der Waals surface area contributed by atoms with Gasteiger partial charge in [0, 0.05) is 12.8 Å². The molecule has 0 bridgehead atoms. The second-order valence-corrected chi connectivity index (χ2v) is 5.22. The molecule has 0 atom stereocenters. The zero-order valence-corrected chi connectivity index (χ0v) is 11.8. The van der Waals surface area contributed by atoms with Crippen molar-refractivity contribution in [2.75, 3.05) is 0 Å². The summed E-state index contributed by atoms with van der Waals surface area (Å²) in [6.07, 6.45) is 2.89. The van der Waals surface area contributed by atoms with Gasteiger partial charge in [0.15, 0.2) is 0 Å². The lowest BCUT2D eigenvalue weighted by atomic mass is 10.0. The molecule has 2 heteroatoms. The van der Waals surface area contributed by atoms with Crippen LogP contribution in [0.5, 0.6) is 5.75 Å². The van der Waals surface area contributed by atoms with Crippen molar-refractivity contribution in [1.82, 2.24) is 0 Å². The first-order chi connectivity index (χ1) is 9.63. The van der Waals surface area contributed by atoms with E-state index in [1.807, 2.05) is 0 Å². The van der Waals surface area contributed by atoms with E-state index in [2.05, 4.69) is 31.2 Å². The number of aromatic hydroxyl groups is 1. The largest absolute Gasteiger partial charge is 0.508 e. The molecule has 0 fully saturated rings. The van der Waals surface area contributed by atoms with Crippen LogP contribution in [0.4, 0.5) is 0 Å². The molecule has 0 aliphatic heterocycles. The normalized spacial score (nSPS) is 10.4. The molecule has 2 rings (SSSR count). The highest BCUT2D eigenvalue weighted by Crippen LogP contribution is 2.12. The van der Waals surface area contributed by atoms with E-state index in [1.165, 1.54) is 11.1 Å². The molecule has 0 unspecified atom stereocenters. The van der Waals surface area contributed by atoms with Crippen molar-refractivity contribution in [2.24, 2.45) is 0 Å². The lowest BCUT2D eigenvalue weighted by Gasteiger charge is -2.03. The molecule has 0 radical (unpaired) electrons. The zero-order valence-electron chi connectivity index (χ0n) is 11.8. The molecule has 0 saturated heterocycles. The fourth-order valence-electron chi connectivity index (χ4n) is 2.17. The molecule has 0 spiro atoms. The van der Waals surface area contributed by atoms with Crippen molar-refractivity contribution in [1.29, 1.82) is 0 Å². The second kappa shape index (κ2) is 6.90. The summed E-state index contributed by atoms with van der Waals surface area (Å²) in [5.41, 5.74) is 3.51. The molecule has 20 heavy (non-hydrogen) atoms. The predicted molar refractivity (Wildman–Crippen MR) is 80.9 cm³/mol. The maximum atomic E-state index is 11.9. The highest BCUT2D eigenvalue weighted by Gasteiger charge is 2.04. The summed E-state index contributed by atoms with van der Waals surface area (Å²) < 4.78 is 0. The lowest BCUT2D eigenvalue weighted by molar-refractivity contribution is -0.118. The van der Waals surface area contributed by atoms with Gasteiger partial charge in [-0.2, -0.15) is 0 Å². The quantitative estimate of drug-likeness (QED) is 0.864. The third-order valence-electron chi connectivity index (χ3n) is 3.38. The number of rotatable bonds is 6. The van der Waals surface area contributed by atoms with Gasteiger partial charge in [-0.1, -0.05) is 42.0 Å². The summed E-state index contributed by atoms with van der Waals surface area (Å²) >= 11 is 0. The van der Waals surface area contributed by atoms with Crippen LogP contribution in [0.1, 0.15) is 29.5 Å². The van der Waals surface area contributed by atoms with Gasteiger partial charge in [0.05, 0.1) is 0 Å². The average molecular weight is 268 g/mol. The molecular weight excluding hydrogens is 248 g/mol. The van der Waals surface area contributed by atoms with Gasteiger partial charge in [-0.05, 0) is 43.0 Å². The molecule has 1 N–H and O–H groups in total. The number of phenolic OH excluding ortho intramolecular Hbond substituents is 1. The molecule has 2 aromatic rings. The Hall–Kier alpha value is -2.09. The van der Waals surface area contributed by atoms with Crippen molar-refractivity contribution in [3.05, 3.63) is 65.2 Å². The summed E-state index contributed by atoms with van der Waals surface area (Å²) in [7, 11) is 0. The van der Waals surface area contributed by atoms with E-state index >= 15 is 0 Å². The molecule has 2 nitrogen and oxygen atoms in total. The van der Waals surface area contributed by atoms with E-state index in [0.29, 0.717) is 12.8 Å². The van der Waals surface area contributed by atoms with Crippen LogP contribution in [0.25, 0.3) is 0 Å². The number of carbonyl (C=O) groups excluding carboxylic acids is 1. The summed E-state index contributed by atoms with van der Waals surface area (Å²) in [5, 5.41) is 9.19. The fourth-order valence-corrected chi connectivity index (χ4v) is 2.17. The predicted octanol–water partition coefficient (Wildman–Crippen LogP) is 3.84. The van der Waals surface area contributed by atoms with E-state index in [0.717, 1.165) is 18.4 Å². The Balaban J connectivity index is 1.75. The van der Waals surface area contributed by atoms with E-state index in [1.54, 1.807) is 24.3 Å². The molecule has 0 heterocycles. The average Bonchev–Trinajstić information content (AvgIpc) is 2.44. The SMILES string of the molecule is Cc1ccc(CCCC(=O)Cc2ccc(O)cc2)cc1. The number of benzene rings is 2. The number of hydrogen-bond donors (Lipinski definition) is 1. The molecule has 0 saturated carbocycles. The maximum Gasteiger partial charge on any atom is 0.137 e. The summed E-state index contributed by atoms with van der Waals surface area (Å²) in [6, 6.07) is 15.3. The minimum Gasteiger partial charge on any atom is -0.508 e. The minimum absolute atomic E-state index is 0.237. The van der Waals surface area contributed by atoms with E-state index in [-0.39, 0.29) is 11.5 Å². The van der Waals surface area contributed by atoms with Gasteiger partial charge in [0.2, 0.25) is 0 Å². The number of carbonyl (C=O) groups is 1. The van der Waals surface area contributed by atoms with Crippen LogP contribution in [0.15, 0.2) is 48.5 Å². The van der Waals surface area contributed by atoms with Crippen molar-refractivity contribution in [2.45, 2.75) is 32.6 Å². The smallest absolute Gasteiger partial charge is 0.137 e. The van der Waals surface area contributed by atoms with Gasteiger partial charge in [-0.3, -0.25) is 4.79 Å². The minimum atomic E-state index is 0.237. The first-order valence-electron chi connectivity index (χ1n) is 6.98. The molecule has 0 amide bonds. The Kier molecular flexibility index (Phi) is 4.94. The van der Waals surface area contributed by atoms with Crippen LogP contribution in [0.3, 0.4) is 0 Å². The van der Waals surface area contributed by atoms with Crippen molar-refractivity contribution >= 4 is 5.78 Å². The summed E-state index contributed by atoms with van der Waals surface area (Å²) in [6.45, 7) is 2.07. The Morgan fingerprint density at radius 3 is 2.20 bits per heavy atom. The Bertz CT molecular complexity index is 553. The van der Waals surface area contributed by atoms with Gasteiger partial charge in [-0.25, -0.2) is 0 Å². The number of Topliss-reactive ketones (excluding diaryl/α,β-unsaturated/α-hetero) is 1. The van der Waals surface area contributed by atoms with E-state index in [9.17, 15) is 9.90 Å². The van der Waals surface area contributed by atoms with Crippen LogP contribution in [-0.2, 0) is 17.6 Å². The third kappa shape index (κ3) is 4.54. The van der Waals surface area contributed by atoms with Gasteiger partial charge < -0.3 is 5.11 Å². The summed E-state index contributed by atoms with van der Waals surface area (Å²) in [4.78, 5) is 11.9. The van der Waals surface area contributed by atoms with Crippen LogP contribution in [-0.4, -0.2) is 10.9 Å². The molecule has 0 aromatic heterocycles. The molecule has 0 aliphatic rings. The number of aryl methyl sites for hydroxylation is 2. The van der Waals surface area contributed by atoms with Gasteiger partial charge in [0.1, 0.15) is 11.5 Å². The van der Waals surface area contributed by atoms with Gasteiger partial charge in [0.25, 0.3) is 0 Å². The Morgan fingerprint density at radius 2 is 1.55 bits per heavy atom. The topological polar surface area (TPSA) is 37.3 Å². The van der Waals surface area contributed by atoms with Crippen molar-refractivity contribution in [3.63, 3.8) is 0 Å². The molecule has 2 aromatic carbocycles. The molecular formula is C18H20O2. The van der Waals surface area contributed by atoms with Crippen molar-refractivity contribution < 1.29 is 9.90 Å². The maximum absolute atomic E-state index is 11.9. The zero-order chi connectivity index (χ0) is 14.4. The molecule has 0 aliphatic carbocycles. The molecule has 104 valence electrons. The number of phenols is 1. The second-order valence-electron chi connectivity index (χ2n) is 5.22. The number of hydrogen-bond acceptors (Lipinski definition) is 2. The van der Waals surface area contributed by atoms with Crippen molar-refractivity contribution in [3.8, 4) is 5.75 Å². The van der Waals surface area contributed by atoms with Crippen LogP contribution in [0, 0.1) is 6.92 Å². The first-order valence-corrected chi connectivity index (χ1v) is 6.98. The van der Waals surface area contributed by atoms with E-state index < -0.39 is 0 Å². The lowest BCUT2D eigenvalue weighted by Crippen LogP contribution is -2.03. The van der Waals surface area contributed by atoms with Gasteiger partial charge >= 0.3 is 0 Å².